The van der Waals surface area contributed by atoms with Gasteiger partial charge in [-0.1, -0.05) is 18.6 Å². The maximum Gasteiger partial charge on any atom is 0.223 e. The van der Waals surface area contributed by atoms with Gasteiger partial charge in [-0.25, -0.2) is 4.39 Å². The molecule has 0 aromatic heterocycles. The van der Waals surface area contributed by atoms with Crippen LogP contribution < -0.4 is 11.1 Å². The van der Waals surface area contributed by atoms with Gasteiger partial charge in [-0.15, -0.1) is 12.4 Å². The molecule has 1 amide bonds. The van der Waals surface area contributed by atoms with Crippen LogP contribution in [0, 0.1) is 11.7 Å². The molecule has 2 saturated carbocycles. The van der Waals surface area contributed by atoms with Crippen molar-refractivity contribution in [3.8, 4) is 0 Å². The first kappa shape index (κ1) is 16.2. The molecule has 116 valence electrons. The smallest absolute Gasteiger partial charge is 0.223 e. The highest BCUT2D eigenvalue weighted by Crippen LogP contribution is 2.41. The molecule has 2 fully saturated rings. The summed E-state index contributed by atoms with van der Waals surface area (Å²) in [6.07, 6.45) is 4.71. The van der Waals surface area contributed by atoms with Crippen molar-refractivity contribution in [2.24, 2.45) is 11.7 Å². The Morgan fingerprint density at radius 1 is 1.29 bits per heavy atom. The van der Waals surface area contributed by atoms with Crippen LogP contribution in [0.25, 0.3) is 0 Å². The van der Waals surface area contributed by atoms with Crippen LogP contribution in [0.5, 0.6) is 0 Å². The lowest BCUT2D eigenvalue weighted by atomic mass is 9.85. The van der Waals surface area contributed by atoms with Gasteiger partial charge in [-0.05, 0) is 43.4 Å². The quantitative estimate of drug-likeness (QED) is 0.901. The predicted octanol–water partition coefficient (Wildman–Crippen LogP) is 2.74. The fraction of sp³-hybridized carbons (Fsp3) is 0.562. The second kappa shape index (κ2) is 6.75. The predicted molar refractivity (Wildman–Crippen MR) is 82.9 cm³/mol. The monoisotopic (exact) mass is 312 g/mol. The minimum absolute atomic E-state index is 0. The summed E-state index contributed by atoms with van der Waals surface area (Å²) >= 11 is 0. The van der Waals surface area contributed by atoms with E-state index in [0.29, 0.717) is 0 Å². The van der Waals surface area contributed by atoms with Crippen LogP contribution in [0.2, 0.25) is 0 Å². The number of nitrogens with two attached hydrogens (primary N) is 1. The van der Waals surface area contributed by atoms with Crippen LogP contribution in [-0.4, -0.2) is 18.0 Å². The van der Waals surface area contributed by atoms with Gasteiger partial charge in [0.25, 0.3) is 0 Å². The topological polar surface area (TPSA) is 55.1 Å². The van der Waals surface area contributed by atoms with Crippen LogP contribution in [0.1, 0.15) is 43.6 Å². The largest absolute Gasteiger partial charge is 0.352 e. The molecule has 3 N–H and O–H groups in total. The third-order valence-corrected chi connectivity index (χ3v) is 4.48. The Balaban J connectivity index is 0.00000161. The summed E-state index contributed by atoms with van der Waals surface area (Å²) in [4.78, 5) is 12.2. The summed E-state index contributed by atoms with van der Waals surface area (Å²) in [7, 11) is 0. The van der Waals surface area contributed by atoms with Gasteiger partial charge in [-0.3, -0.25) is 4.79 Å². The Hall–Kier alpha value is -1.13. The number of carbonyl (C=O) groups excluding carboxylic acids is 1. The number of amides is 1. The molecule has 5 heteroatoms. The number of hydrogen-bond donors (Lipinski definition) is 2. The molecule has 0 radical (unpaired) electrons. The Morgan fingerprint density at radius 3 is 2.81 bits per heavy atom. The van der Waals surface area contributed by atoms with Crippen molar-refractivity contribution < 1.29 is 9.18 Å². The van der Waals surface area contributed by atoms with Gasteiger partial charge >= 0.3 is 0 Å². The second-order valence-corrected chi connectivity index (χ2v) is 6.14. The Kier molecular flexibility index (Phi) is 5.22. The van der Waals surface area contributed by atoms with Crippen LogP contribution in [0.4, 0.5) is 4.39 Å². The number of hydrogen-bond acceptors (Lipinski definition) is 2. The van der Waals surface area contributed by atoms with E-state index >= 15 is 0 Å². The van der Waals surface area contributed by atoms with Crippen molar-refractivity contribution in [1.29, 1.82) is 0 Å². The zero-order valence-electron chi connectivity index (χ0n) is 11.9. The summed E-state index contributed by atoms with van der Waals surface area (Å²) in [5.41, 5.74) is 6.90. The zero-order valence-corrected chi connectivity index (χ0v) is 12.7. The number of halogens is 2. The number of nitrogens with one attached hydrogen (secondary N) is 1. The van der Waals surface area contributed by atoms with E-state index in [1.165, 1.54) is 6.07 Å². The van der Waals surface area contributed by atoms with E-state index in [1.54, 1.807) is 12.1 Å². The molecule has 3 rings (SSSR count). The molecule has 0 bridgehead atoms. The Bertz CT molecular complexity index is 511. The molecule has 0 aliphatic heterocycles. The number of benzene rings is 1. The Morgan fingerprint density at radius 2 is 2.10 bits per heavy atom. The summed E-state index contributed by atoms with van der Waals surface area (Å²) < 4.78 is 13.2. The summed E-state index contributed by atoms with van der Waals surface area (Å²) in [5.74, 6) is 0.251. The van der Waals surface area contributed by atoms with Gasteiger partial charge in [-0.2, -0.15) is 0 Å². The molecule has 0 saturated heterocycles. The number of rotatable bonds is 3. The molecule has 1 aromatic carbocycles. The summed E-state index contributed by atoms with van der Waals surface area (Å²) in [6.45, 7) is 0. The molecule has 2 aliphatic carbocycles. The average molecular weight is 313 g/mol. The normalized spacial score (nSPS) is 31.1. The van der Waals surface area contributed by atoms with E-state index in [4.69, 9.17) is 5.73 Å². The molecule has 4 unspecified atom stereocenters. The maximum atomic E-state index is 13.2. The fourth-order valence-electron chi connectivity index (χ4n) is 3.23. The molecule has 0 spiro atoms. The van der Waals surface area contributed by atoms with E-state index in [0.717, 1.165) is 37.7 Å². The highest BCUT2D eigenvalue weighted by Gasteiger charge is 2.40. The van der Waals surface area contributed by atoms with Crippen molar-refractivity contribution in [2.75, 3.05) is 0 Å². The van der Waals surface area contributed by atoms with Crippen molar-refractivity contribution in [1.82, 2.24) is 5.32 Å². The lowest BCUT2D eigenvalue weighted by Crippen LogP contribution is -2.38. The molecule has 2 aliphatic rings. The molecule has 3 nitrogen and oxygen atoms in total. The first-order valence-electron chi connectivity index (χ1n) is 7.45. The van der Waals surface area contributed by atoms with E-state index in [1.807, 2.05) is 6.07 Å². The van der Waals surface area contributed by atoms with Gasteiger partial charge in [0.1, 0.15) is 5.82 Å². The van der Waals surface area contributed by atoms with E-state index in [-0.39, 0.29) is 48.1 Å². The highest BCUT2D eigenvalue weighted by atomic mass is 35.5. The fourth-order valence-corrected chi connectivity index (χ4v) is 3.23. The van der Waals surface area contributed by atoms with Crippen LogP contribution in [0.3, 0.4) is 0 Å². The van der Waals surface area contributed by atoms with Crippen molar-refractivity contribution in [3.63, 3.8) is 0 Å². The van der Waals surface area contributed by atoms with Crippen molar-refractivity contribution >= 4 is 18.3 Å². The number of carbonyl (C=O) groups is 1. The molecule has 1 aromatic rings. The van der Waals surface area contributed by atoms with Crippen LogP contribution >= 0.6 is 12.4 Å². The maximum absolute atomic E-state index is 13.2. The average Bonchev–Trinajstić information content (AvgIpc) is 3.18. The first-order valence-corrected chi connectivity index (χ1v) is 7.45. The van der Waals surface area contributed by atoms with E-state index in [9.17, 15) is 9.18 Å². The van der Waals surface area contributed by atoms with Gasteiger partial charge in [0.15, 0.2) is 0 Å². The summed E-state index contributed by atoms with van der Waals surface area (Å²) in [5, 5.41) is 3.10. The lowest BCUT2D eigenvalue weighted by molar-refractivity contribution is -0.126. The molecular formula is C16H22ClFN2O. The molecule has 4 atom stereocenters. The SMILES string of the molecule is Cl.NC1CCCC(C(=O)NC2CC2c2cccc(F)c2)C1. The third-order valence-electron chi connectivity index (χ3n) is 4.48. The van der Waals surface area contributed by atoms with E-state index in [2.05, 4.69) is 5.32 Å². The van der Waals surface area contributed by atoms with Crippen LogP contribution in [0.15, 0.2) is 24.3 Å². The molecule has 21 heavy (non-hydrogen) atoms. The second-order valence-electron chi connectivity index (χ2n) is 6.14. The Labute approximate surface area is 130 Å². The van der Waals surface area contributed by atoms with Gasteiger partial charge in [0.2, 0.25) is 5.91 Å². The first-order chi connectivity index (χ1) is 9.63. The minimum atomic E-state index is -0.210. The van der Waals surface area contributed by atoms with Gasteiger partial charge in [0, 0.05) is 23.9 Å². The van der Waals surface area contributed by atoms with Crippen LogP contribution in [-0.2, 0) is 4.79 Å². The molecule has 0 heterocycles. The zero-order chi connectivity index (χ0) is 14.1. The van der Waals surface area contributed by atoms with Gasteiger partial charge < -0.3 is 11.1 Å². The highest BCUT2D eigenvalue weighted by molar-refractivity contribution is 5.85. The third kappa shape index (κ3) is 3.95. The van der Waals surface area contributed by atoms with E-state index < -0.39 is 0 Å². The molecular weight excluding hydrogens is 291 g/mol. The summed E-state index contributed by atoms with van der Waals surface area (Å²) in [6, 6.07) is 6.99. The van der Waals surface area contributed by atoms with Crippen molar-refractivity contribution in [2.45, 2.75) is 50.1 Å². The van der Waals surface area contributed by atoms with Crippen molar-refractivity contribution in [3.05, 3.63) is 35.6 Å². The standard InChI is InChI=1S/C16H21FN2O.ClH/c17-12-5-1-3-10(7-12)14-9-15(14)19-16(20)11-4-2-6-13(18)8-11;/h1,3,5,7,11,13-15H,2,4,6,8-9,18H2,(H,19,20);1H. The minimum Gasteiger partial charge on any atom is -0.352 e. The lowest BCUT2D eigenvalue weighted by Gasteiger charge is -2.25. The van der Waals surface area contributed by atoms with Gasteiger partial charge in [0.05, 0.1) is 0 Å².